The van der Waals surface area contributed by atoms with Gasteiger partial charge in [-0.05, 0) is 0 Å². The van der Waals surface area contributed by atoms with Gasteiger partial charge in [0.2, 0.25) is 5.76 Å². The first kappa shape index (κ1) is 6.00. The lowest BCUT2D eigenvalue weighted by Gasteiger charge is -1.76. The molecule has 0 aliphatic carbocycles. The van der Waals surface area contributed by atoms with E-state index in [1.165, 1.54) is 0 Å². The maximum absolute atomic E-state index is 11.9. The Morgan fingerprint density at radius 3 is 2.33 bits per heavy atom. The minimum absolute atomic E-state index is 0.694. The summed E-state index contributed by atoms with van der Waals surface area (Å²) in [4.78, 5) is 9.93. The molecule has 0 aromatic carbocycles. The lowest BCUT2D eigenvalue weighted by atomic mass is 10.6. The van der Waals surface area contributed by atoms with E-state index in [0.29, 0.717) is 0 Å². The summed E-state index contributed by atoms with van der Waals surface area (Å²) in [7, 11) is 0. The Morgan fingerprint density at radius 1 is 1.44 bits per heavy atom. The zero-order valence-electron chi connectivity index (χ0n) is 4.19. The van der Waals surface area contributed by atoms with E-state index in [4.69, 9.17) is 0 Å². The fourth-order valence-corrected chi connectivity index (χ4v) is 0.371. The Morgan fingerprint density at radius 2 is 2.11 bits per heavy atom. The molecule has 0 amide bonds. The quantitative estimate of drug-likeness (QED) is 0.574. The first-order valence-electron chi connectivity index (χ1n) is 2.08. The van der Waals surface area contributed by atoms with Crippen molar-refractivity contribution in [1.82, 2.24) is 0 Å². The van der Waals surface area contributed by atoms with E-state index in [9.17, 15) is 13.6 Å². The molecule has 1 aromatic rings. The van der Waals surface area contributed by atoms with E-state index in [0.717, 1.165) is 0 Å². The standard InChI is InChI=1S/C4H2F2O3/c5-1-2-3(6)9-4(7)8-2/h1H2. The summed E-state index contributed by atoms with van der Waals surface area (Å²) in [5.74, 6) is -1.92. The van der Waals surface area contributed by atoms with Gasteiger partial charge in [-0.25, -0.2) is 9.18 Å². The molecule has 9 heavy (non-hydrogen) atoms. The van der Waals surface area contributed by atoms with Crippen molar-refractivity contribution in [3.63, 3.8) is 0 Å². The van der Waals surface area contributed by atoms with Crippen LogP contribution in [0.15, 0.2) is 13.6 Å². The van der Waals surface area contributed by atoms with Crippen LogP contribution in [0.25, 0.3) is 0 Å². The smallest absolute Gasteiger partial charge is 0.390 e. The largest absolute Gasteiger partial charge is 0.521 e. The zero-order valence-corrected chi connectivity index (χ0v) is 4.19. The average Bonchev–Trinajstić information content (AvgIpc) is 2.10. The van der Waals surface area contributed by atoms with Gasteiger partial charge in [-0.2, -0.15) is 4.39 Å². The molecule has 0 unspecified atom stereocenters. The molecule has 5 heteroatoms. The van der Waals surface area contributed by atoms with Crippen LogP contribution in [0.2, 0.25) is 0 Å². The molecule has 0 bridgehead atoms. The normalized spacial score (nSPS) is 10.0. The number of rotatable bonds is 1. The molecule has 0 radical (unpaired) electrons. The third kappa shape index (κ3) is 0.984. The Hall–Kier alpha value is -1.13. The third-order valence-corrected chi connectivity index (χ3v) is 0.720. The summed E-state index contributed by atoms with van der Waals surface area (Å²) >= 11 is 0. The molecule has 0 fully saturated rings. The van der Waals surface area contributed by atoms with Crippen LogP contribution < -0.4 is 5.82 Å². The van der Waals surface area contributed by atoms with Crippen molar-refractivity contribution in [1.29, 1.82) is 0 Å². The van der Waals surface area contributed by atoms with Crippen LogP contribution in [-0.2, 0) is 6.67 Å². The second-order valence-electron chi connectivity index (χ2n) is 1.28. The van der Waals surface area contributed by atoms with E-state index in [-0.39, 0.29) is 0 Å². The molecule has 1 heterocycles. The highest BCUT2D eigenvalue weighted by atomic mass is 19.1. The Balaban J connectivity index is 3.16. The van der Waals surface area contributed by atoms with E-state index < -0.39 is 24.3 Å². The SMILES string of the molecule is O=c1oc(F)c(CF)o1. The first-order chi connectivity index (χ1) is 4.24. The van der Waals surface area contributed by atoms with Crippen LogP contribution >= 0.6 is 0 Å². The van der Waals surface area contributed by atoms with E-state index >= 15 is 0 Å². The summed E-state index contributed by atoms with van der Waals surface area (Å²) in [5, 5.41) is 0. The lowest BCUT2D eigenvalue weighted by Crippen LogP contribution is -1.85. The number of alkyl halides is 1. The second-order valence-corrected chi connectivity index (χ2v) is 1.28. The monoisotopic (exact) mass is 136 g/mol. The van der Waals surface area contributed by atoms with Crippen molar-refractivity contribution in [3.05, 3.63) is 22.4 Å². The maximum Gasteiger partial charge on any atom is 0.521 e. The zero-order chi connectivity index (χ0) is 6.85. The van der Waals surface area contributed by atoms with Gasteiger partial charge in [-0.1, -0.05) is 0 Å². The van der Waals surface area contributed by atoms with Crippen LogP contribution in [-0.4, -0.2) is 0 Å². The molecule has 0 spiro atoms. The molecule has 0 saturated heterocycles. The van der Waals surface area contributed by atoms with Crippen LogP contribution in [0.3, 0.4) is 0 Å². The van der Waals surface area contributed by atoms with Crippen molar-refractivity contribution in [2.24, 2.45) is 0 Å². The van der Waals surface area contributed by atoms with Crippen molar-refractivity contribution in [2.45, 2.75) is 6.67 Å². The molecule has 3 nitrogen and oxygen atoms in total. The Labute approximate surface area is 47.9 Å². The van der Waals surface area contributed by atoms with Gasteiger partial charge >= 0.3 is 11.8 Å². The summed E-state index contributed by atoms with van der Waals surface area (Å²) in [6, 6.07) is -1.29. The van der Waals surface area contributed by atoms with E-state index in [2.05, 4.69) is 8.83 Å². The third-order valence-electron chi connectivity index (χ3n) is 0.720. The topological polar surface area (TPSA) is 43.4 Å². The van der Waals surface area contributed by atoms with Crippen LogP contribution in [0.1, 0.15) is 5.76 Å². The van der Waals surface area contributed by atoms with Crippen LogP contribution in [0, 0.1) is 6.01 Å². The van der Waals surface area contributed by atoms with Gasteiger partial charge in [-0.15, -0.1) is 0 Å². The Bertz CT molecular complexity index is 249. The van der Waals surface area contributed by atoms with Gasteiger partial charge in [0.05, 0.1) is 0 Å². The first-order valence-corrected chi connectivity index (χ1v) is 2.08. The number of halogens is 2. The molecule has 1 rings (SSSR count). The highest BCUT2D eigenvalue weighted by Crippen LogP contribution is 2.04. The molecule has 0 aliphatic heterocycles. The molecular formula is C4H2F2O3. The summed E-state index contributed by atoms with van der Waals surface area (Å²) < 4.78 is 30.9. The summed E-state index contributed by atoms with van der Waals surface area (Å²) in [6.45, 7) is -1.17. The maximum atomic E-state index is 11.9. The van der Waals surface area contributed by atoms with Gasteiger partial charge in [0.25, 0.3) is 0 Å². The number of hydrogen-bond donors (Lipinski definition) is 0. The number of hydrogen-bond acceptors (Lipinski definition) is 3. The fraction of sp³-hybridized carbons (Fsp3) is 0.250. The minimum Gasteiger partial charge on any atom is -0.390 e. The summed E-state index contributed by atoms with van der Waals surface area (Å²) in [6.07, 6.45) is 0. The molecule has 0 aliphatic rings. The van der Waals surface area contributed by atoms with Crippen LogP contribution in [0.5, 0.6) is 0 Å². The van der Waals surface area contributed by atoms with Crippen molar-refractivity contribution >= 4 is 0 Å². The van der Waals surface area contributed by atoms with Gasteiger partial charge < -0.3 is 8.83 Å². The minimum atomic E-state index is -1.29. The molecule has 1 aromatic heterocycles. The van der Waals surface area contributed by atoms with Gasteiger partial charge in [0.15, 0.2) is 6.67 Å². The highest BCUT2D eigenvalue weighted by Gasteiger charge is 2.10. The molecular weight excluding hydrogens is 134 g/mol. The van der Waals surface area contributed by atoms with Gasteiger partial charge in [0.1, 0.15) is 0 Å². The van der Waals surface area contributed by atoms with E-state index in [1.54, 1.807) is 0 Å². The Kier molecular flexibility index (Phi) is 1.33. The molecule has 50 valence electrons. The fourth-order valence-electron chi connectivity index (χ4n) is 0.371. The van der Waals surface area contributed by atoms with Crippen molar-refractivity contribution in [3.8, 4) is 0 Å². The predicted molar refractivity (Wildman–Crippen MR) is 22.0 cm³/mol. The van der Waals surface area contributed by atoms with Crippen molar-refractivity contribution in [2.75, 3.05) is 0 Å². The van der Waals surface area contributed by atoms with Crippen LogP contribution in [0.4, 0.5) is 8.78 Å². The molecule has 0 atom stereocenters. The highest BCUT2D eigenvalue weighted by molar-refractivity contribution is 4.84. The van der Waals surface area contributed by atoms with Gasteiger partial charge in [-0.3, -0.25) is 0 Å². The average molecular weight is 136 g/mol. The molecule has 0 N–H and O–H groups in total. The predicted octanol–water partition coefficient (Wildman–Crippen LogP) is 0.841. The second kappa shape index (κ2) is 2.00. The van der Waals surface area contributed by atoms with Gasteiger partial charge in [0, 0.05) is 0 Å². The van der Waals surface area contributed by atoms with Crippen molar-refractivity contribution < 1.29 is 17.6 Å². The molecule has 0 saturated carbocycles. The van der Waals surface area contributed by atoms with E-state index in [1.807, 2.05) is 0 Å². The lowest BCUT2D eigenvalue weighted by molar-refractivity contribution is 0.312. The summed E-state index contributed by atoms with van der Waals surface area (Å²) in [5.41, 5.74) is 0.